The Morgan fingerprint density at radius 3 is 2.56 bits per heavy atom. The lowest BCUT2D eigenvalue weighted by molar-refractivity contribution is -0.132. The standard InChI is InChI=1S/C30H26N2O8S/c1-5-12-39-29(37)26-16(3)31-30(41-26)32-23(17-6-8-18(9-7-17)28(36)38-4)22(25(34)27(32)35)24(33)19-10-11-21-20(14-19)13-15(2)40-21/h5-11,14-15,23,33H,1,12-13H2,2-4H3/b24-22+/t15-,23-/m0/s1. The van der Waals surface area contributed by atoms with Crippen LogP contribution in [0.4, 0.5) is 5.13 Å². The zero-order valence-electron chi connectivity index (χ0n) is 22.5. The van der Waals surface area contributed by atoms with E-state index in [4.69, 9.17) is 14.2 Å². The number of thiazole rings is 1. The monoisotopic (exact) mass is 574 g/mol. The number of ether oxygens (including phenoxy) is 3. The minimum atomic E-state index is -1.10. The third-order valence-electron chi connectivity index (χ3n) is 6.77. The van der Waals surface area contributed by atoms with Gasteiger partial charge in [0.25, 0.3) is 5.78 Å². The molecule has 1 saturated heterocycles. The maximum atomic E-state index is 13.5. The van der Waals surface area contributed by atoms with Gasteiger partial charge < -0.3 is 19.3 Å². The molecular weight excluding hydrogens is 548 g/mol. The summed E-state index contributed by atoms with van der Waals surface area (Å²) in [5, 5.41) is 11.6. The van der Waals surface area contributed by atoms with Crippen LogP contribution in [0.5, 0.6) is 5.75 Å². The van der Waals surface area contributed by atoms with E-state index in [0.29, 0.717) is 29.0 Å². The molecule has 1 N–H and O–H groups in total. The molecule has 1 aromatic heterocycles. The highest BCUT2D eigenvalue weighted by molar-refractivity contribution is 7.17. The van der Waals surface area contributed by atoms with Crippen molar-refractivity contribution in [2.45, 2.75) is 32.4 Å². The quantitative estimate of drug-likeness (QED) is 0.142. The van der Waals surface area contributed by atoms with Crippen LogP contribution in [0.3, 0.4) is 0 Å². The van der Waals surface area contributed by atoms with E-state index in [1.165, 1.54) is 25.3 Å². The van der Waals surface area contributed by atoms with E-state index in [2.05, 4.69) is 11.6 Å². The summed E-state index contributed by atoms with van der Waals surface area (Å²) in [5.41, 5.74) is 2.07. The van der Waals surface area contributed by atoms with Gasteiger partial charge in [0.2, 0.25) is 0 Å². The van der Waals surface area contributed by atoms with Crippen molar-refractivity contribution in [3.63, 3.8) is 0 Å². The Morgan fingerprint density at radius 2 is 1.88 bits per heavy atom. The number of Topliss-reactive ketones (excluding diaryl/α,β-unsaturated/α-hetero) is 1. The van der Waals surface area contributed by atoms with E-state index >= 15 is 0 Å². The van der Waals surface area contributed by atoms with Crippen LogP contribution in [0.1, 0.15) is 55.4 Å². The number of aryl methyl sites for hydroxylation is 1. The van der Waals surface area contributed by atoms with Crippen LogP contribution in [0.2, 0.25) is 0 Å². The number of amides is 1. The SMILES string of the molecule is C=CCOC(=O)c1sc(N2C(=O)C(=O)/C(=C(/O)c3ccc4c(c3)C[C@H](C)O4)[C@@H]2c2ccc(C(=O)OC)cc2)nc1C. The molecule has 2 aromatic carbocycles. The van der Waals surface area contributed by atoms with Crippen molar-refractivity contribution in [3.05, 3.63) is 93.5 Å². The van der Waals surface area contributed by atoms with E-state index in [9.17, 15) is 24.3 Å². The fraction of sp³-hybridized carbons (Fsp3) is 0.233. The zero-order valence-corrected chi connectivity index (χ0v) is 23.3. The average Bonchev–Trinajstić information content (AvgIpc) is 3.62. The first-order valence-corrected chi connectivity index (χ1v) is 13.5. The van der Waals surface area contributed by atoms with Crippen LogP contribution in [0.15, 0.2) is 60.7 Å². The first-order chi connectivity index (χ1) is 19.6. The summed E-state index contributed by atoms with van der Waals surface area (Å²) in [6.45, 7) is 7.05. The van der Waals surface area contributed by atoms with Gasteiger partial charge in [0, 0.05) is 12.0 Å². The van der Waals surface area contributed by atoms with Crippen LogP contribution in [-0.4, -0.2) is 53.5 Å². The lowest BCUT2D eigenvalue weighted by Crippen LogP contribution is -2.29. The minimum Gasteiger partial charge on any atom is -0.507 e. The highest BCUT2D eigenvalue weighted by atomic mass is 32.1. The number of aromatic nitrogens is 1. The lowest BCUT2D eigenvalue weighted by atomic mass is 9.94. The van der Waals surface area contributed by atoms with Crippen molar-refractivity contribution in [3.8, 4) is 5.75 Å². The number of aliphatic hydroxyl groups is 1. The van der Waals surface area contributed by atoms with E-state index in [-0.39, 0.29) is 39.6 Å². The number of fused-ring (bicyclic) bond motifs is 1. The maximum Gasteiger partial charge on any atom is 0.350 e. The number of nitrogens with zero attached hydrogens (tertiary/aromatic N) is 2. The number of rotatable bonds is 7. The van der Waals surface area contributed by atoms with E-state index < -0.39 is 29.7 Å². The molecular formula is C30H26N2O8S. The Labute approximate surface area is 239 Å². The molecule has 0 saturated carbocycles. The third-order valence-corrected chi connectivity index (χ3v) is 7.91. The summed E-state index contributed by atoms with van der Waals surface area (Å²) in [6.07, 6.45) is 2.03. The number of carbonyl (C=O) groups is 4. The first-order valence-electron chi connectivity index (χ1n) is 12.7. The van der Waals surface area contributed by atoms with Gasteiger partial charge >= 0.3 is 17.8 Å². The van der Waals surface area contributed by atoms with Crippen molar-refractivity contribution in [2.24, 2.45) is 0 Å². The summed E-state index contributed by atoms with van der Waals surface area (Å²) < 4.78 is 15.7. The van der Waals surface area contributed by atoms with Gasteiger partial charge in [0.15, 0.2) is 5.13 Å². The molecule has 0 unspecified atom stereocenters. The predicted octanol–water partition coefficient (Wildman–Crippen LogP) is 4.53. The molecule has 0 aliphatic carbocycles. The topological polar surface area (TPSA) is 132 Å². The van der Waals surface area contributed by atoms with Crippen molar-refractivity contribution in [2.75, 3.05) is 18.6 Å². The second kappa shape index (κ2) is 11.0. The second-order valence-electron chi connectivity index (χ2n) is 9.54. The van der Waals surface area contributed by atoms with Gasteiger partial charge in [-0.1, -0.05) is 36.1 Å². The van der Waals surface area contributed by atoms with Gasteiger partial charge in [0.1, 0.15) is 29.1 Å². The number of esters is 2. The largest absolute Gasteiger partial charge is 0.507 e. The summed E-state index contributed by atoms with van der Waals surface area (Å²) in [7, 11) is 1.26. The average molecular weight is 575 g/mol. The molecule has 0 bridgehead atoms. The number of benzene rings is 2. The van der Waals surface area contributed by atoms with Gasteiger partial charge in [-0.2, -0.15) is 0 Å². The van der Waals surface area contributed by atoms with Crippen LogP contribution < -0.4 is 9.64 Å². The smallest absolute Gasteiger partial charge is 0.350 e. The molecule has 2 aliphatic heterocycles. The molecule has 11 heteroatoms. The van der Waals surface area contributed by atoms with Crippen LogP contribution in [-0.2, 0) is 25.5 Å². The molecule has 1 fully saturated rings. The van der Waals surface area contributed by atoms with E-state index in [1.54, 1.807) is 37.3 Å². The summed E-state index contributed by atoms with van der Waals surface area (Å²) in [5.74, 6) is -2.72. The Kier molecular flexibility index (Phi) is 7.46. The van der Waals surface area contributed by atoms with Crippen LogP contribution in [0.25, 0.3) is 5.76 Å². The maximum absolute atomic E-state index is 13.5. The van der Waals surface area contributed by atoms with Crippen LogP contribution in [0, 0.1) is 6.92 Å². The third kappa shape index (κ3) is 5.00. The van der Waals surface area contributed by atoms with E-state index in [0.717, 1.165) is 21.8 Å². The number of carbonyl (C=O) groups excluding carboxylic acids is 4. The van der Waals surface area contributed by atoms with Gasteiger partial charge in [-0.05, 0) is 55.3 Å². The van der Waals surface area contributed by atoms with Crippen molar-refractivity contribution >= 4 is 45.9 Å². The molecule has 10 nitrogen and oxygen atoms in total. The Hall–Kier alpha value is -4.77. The molecule has 210 valence electrons. The summed E-state index contributed by atoms with van der Waals surface area (Å²) >= 11 is 0.895. The molecule has 3 aromatic rings. The molecule has 2 atom stereocenters. The number of aliphatic hydroxyl groups excluding tert-OH is 1. The van der Waals surface area contributed by atoms with Gasteiger partial charge in [-0.3, -0.25) is 14.5 Å². The molecule has 1 amide bonds. The lowest BCUT2D eigenvalue weighted by Gasteiger charge is -2.23. The predicted molar refractivity (Wildman–Crippen MR) is 150 cm³/mol. The number of ketones is 1. The fourth-order valence-electron chi connectivity index (χ4n) is 4.86. The van der Waals surface area contributed by atoms with Gasteiger partial charge in [0.05, 0.1) is 30.0 Å². The molecule has 2 aliphatic rings. The Balaban J connectivity index is 1.65. The van der Waals surface area contributed by atoms with Crippen molar-refractivity contribution in [1.29, 1.82) is 0 Å². The fourth-order valence-corrected chi connectivity index (χ4v) is 5.85. The molecule has 41 heavy (non-hydrogen) atoms. The zero-order chi connectivity index (χ0) is 29.4. The number of anilines is 1. The number of hydrogen-bond donors (Lipinski definition) is 1. The first kappa shape index (κ1) is 27.8. The molecule has 0 radical (unpaired) electrons. The summed E-state index contributed by atoms with van der Waals surface area (Å²) in [4.78, 5) is 57.4. The number of hydrogen-bond acceptors (Lipinski definition) is 10. The van der Waals surface area contributed by atoms with Crippen molar-refractivity contribution in [1.82, 2.24) is 4.98 Å². The van der Waals surface area contributed by atoms with Gasteiger partial charge in [-0.25, -0.2) is 14.6 Å². The van der Waals surface area contributed by atoms with Crippen LogP contribution >= 0.6 is 11.3 Å². The normalized spacial score (nSPS) is 19.0. The molecule has 5 rings (SSSR count). The number of methoxy groups -OCH3 is 1. The van der Waals surface area contributed by atoms with Gasteiger partial charge in [-0.15, -0.1) is 0 Å². The molecule has 0 spiro atoms. The summed E-state index contributed by atoms with van der Waals surface area (Å²) in [6, 6.07) is 10.1. The highest BCUT2D eigenvalue weighted by Gasteiger charge is 2.48. The Bertz CT molecular complexity index is 1620. The van der Waals surface area contributed by atoms with E-state index in [1.807, 2.05) is 6.92 Å². The minimum absolute atomic E-state index is 0.00679. The second-order valence-corrected chi connectivity index (χ2v) is 10.5. The highest BCUT2D eigenvalue weighted by Crippen LogP contribution is 2.44. The van der Waals surface area contributed by atoms with Crippen molar-refractivity contribution < 1.29 is 38.5 Å². The Morgan fingerprint density at radius 1 is 1.17 bits per heavy atom. The molecule has 3 heterocycles.